The predicted molar refractivity (Wildman–Crippen MR) is 137 cm³/mol. The lowest BCUT2D eigenvalue weighted by atomic mass is 10.1. The summed E-state index contributed by atoms with van der Waals surface area (Å²) in [7, 11) is 0. The lowest BCUT2D eigenvalue weighted by Gasteiger charge is -2.15. The van der Waals surface area contributed by atoms with Crippen LogP contribution in [0.15, 0.2) is 71.6 Å². The number of benzene rings is 3. The fraction of sp³-hybridized carbons (Fsp3) is 0.115. The fourth-order valence-electron chi connectivity index (χ4n) is 3.39. The lowest BCUT2D eigenvalue weighted by molar-refractivity contribution is -0.113. The van der Waals surface area contributed by atoms with Crippen molar-refractivity contribution in [1.82, 2.24) is 0 Å². The van der Waals surface area contributed by atoms with Gasteiger partial charge in [0.25, 0.3) is 5.91 Å². The zero-order chi connectivity index (χ0) is 24.9. The number of rotatable bonds is 8. The second-order valence-electron chi connectivity index (χ2n) is 7.39. The van der Waals surface area contributed by atoms with Crippen LogP contribution in [-0.2, 0) is 11.4 Å². The number of hydrogen-bond acceptors (Lipinski definition) is 6. The molecular formula is C26H20FNO5S2. The molecular weight excluding hydrogens is 489 g/mol. The molecule has 1 aliphatic heterocycles. The van der Waals surface area contributed by atoms with Gasteiger partial charge in [-0.25, -0.2) is 9.18 Å². The fourth-order valence-corrected chi connectivity index (χ4v) is 4.69. The van der Waals surface area contributed by atoms with E-state index in [-0.39, 0.29) is 23.9 Å². The first-order valence-electron chi connectivity index (χ1n) is 10.6. The molecule has 0 spiro atoms. The van der Waals surface area contributed by atoms with Crippen molar-refractivity contribution < 1.29 is 28.6 Å². The molecule has 1 fully saturated rings. The van der Waals surface area contributed by atoms with E-state index in [0.29, 0.717) is 44.1 Å². The van der Waals surface area contributed by atoms with Crippen molar-refractivity contribution in [3.63, 3.8) is 0 Å². The Morgan fingerprint density at radius 1 is 1.09 bits per heavy atom. The molecule has 1 amide bonds. The summed E-state index contributed by atoms with van der Waals surface area (Å²) in [6, 6.07) is 17.6. The molecule has 3 aromatic rings. The van der Waals surface area contributed by atoms with Gasteiger partial charge in [0, 0.05) is 5.56 Å². The van der Waals surface area contributed by atoms with Crippen LogP contribution in [0.1, 0.15) is 28.4 Å². The maximum atomic E-state index is 13.9. The van der Waals surface area contributed by atoms with E-state index in [1.165, 1.54) is 23.1 Å². The van der Waals surface area contributed by atoms with Crippen LogP contribution in [0.3, 0.4) is 0 Å². The predicted octanol–water partition coefficient (Wildman–Crippen LogP) is 5.91. The van der Waals surface area contributed by atoms with Gasteiger partial charge in [-0.1, -0.05) is 54.3 Å². The van der Waals surface area contributed by atoms with Crippen LogP contribution in [0.5, 0.6) is 11.5 Å². The van der Waals surface area contributed by atoms with Gasteiger partial charge in [0.2, 0.25) is 0 Å². The zero-order valence-electron chi connectivity index (χ0n) is 18.6. The Hall–Kier alpha value is -3.69. The number of amides is 1. The summed E-state index contributed by atoms with van der Waals surface area (Å²) in [6.07, 6.45) is 1.68. The third kappa shape index (κ3) is 5.52. The number of aromatic carboxylic acids is 1. The summed E-state index contributed by atoms with van der Waals surface area (Å²) in [5.74, 6) is -0.875. The van der Waals surface area contributed by atoms with E-state index in [1.54, 1.807) is 54.6 Å². The summed E-state index contributed by atoms with van der Waals surface area (Å²) in [5, 5.41) is 9.25. The van der Waals surface area contributed by atoms with Crippen LogP contribution in [-0.4, -0.2) is 27.9 Å². The summed E-state index contributed by atoms with van der Waals surface area (Å²) in [5.41, 5.74) is 1.57. The Morgan fingerprint density at radius 3 is 2.63 bits per heavy atom. The topological polar surface area (TPSA) is 76.1 Å². The van der Waals surface area contributed by atoms with Gasteiger partial charge in [0.1, 0.15) is 12.4 Å². The highest BCUT2D eigenvalue weighted by atomic mass is 32.2. The van der Waals surface area contributed by atoms with Gasteiger partial charge in [-0.3, -0.25) is 9.69 Å². The van der Waals surface area contributed by atoms with E-state index < -0.39 is 5.97 Å². The van der Waals surface area contributed by atoms with Crippen molar-refractivity contribution in [2.45, 2.75) is 13.5 Å². The van der Waals surface area contributed by atoms with Gasteiger partial charge in [-0.15, -0.1) is 0 Å². The molecule has 1 saturated heterocycles. The highest BCUT2D eigenvalue weighted by molar-refractivity contribution is 8.27. The van der Waals surface area contributed by atoms with Gasteiger partial charge < -0.3 is 14.6 Å². The molecule has 4 rings (SSSR count). The van der Waals surface area contributed by atoms with Gasteiger partial charge in [0.15, 0.2) is 15.8 Å². The molecule has 0 atom stereocenters. The number of ether oxygens (including phenoxy) is 2. The number of thioether (sulfide) groups is 1. The highest BCUT2D eigenvalue weighted by Crippen LogP contribution is 2.37. The molecule has 0 saturated carbocycles. The first kappa shape index (κ1) is 24.4. The smallest absolute Gasteiger partial charge is 0.335 e. The van der Waals surface area contributed by atoms with Crippen LogP contribution in [0.25, 0.3) is 6.08 Å². The van der Waals surface area contributed by atoms with Crippen molar-refractivity contribution in [1.29, 1.82) is 0 Å². The molecule has 6 nitrogen and oxygen atoms in total. The number of nitrogens with zero attached hydrogens (tertiary/aromatic N) is 1. The number of carbonyl (C=O) groups excluding carboxylic acids is 1. The molecule has 0 radical (unpaired) electrons. The summed E-state index contributed by atoms with van der Waals surface area (Å²) in [4.78, 5) is 26.1. The third-order valence-corrected chi connectivity index (χ3v) is 6.35. The van der Waals surface area contributed by atoms with Crippen LogP contribution in [0.4, 0.5) is 10.1 Å². The minimum absolute atomic E-state index is 0.0418. The average Bonchev–Trinajstić information content (AvgIpc) is 3.12. The molecule has 35 heavy (non-hydrogen) atoms. The quantitative estimate of drug-likeness (QED) is 0.299. The molecule has 9 heteroatoms. The van der Waals surface area contributed by atoms with E-state index in [0.717, 1.165) is 11.8 Å². The molecule has 0 bridgehead atoms. The monoisotopic (exact) mass is 509 g/mol. The van der Waals surface area contributed by atoms with Crippen molar-refractivity contribution in [3.05, 3.63) is 94.1 Å². The standard InChI is InChI=1S/C26H20FNO5S2/c1-2-32-22-12-16(10-11-21(22)33-15-18-6-3-4-9-20(18)27)13-23-24(29)28(26(34)35-23)19-8-5-7-17(14-19)25(30)31/h3-14H,2,15H2,1H3,(H,30,31)/b23-13-. The third-order valence-electron chi connectivity index (χ3n) is 5.05. The Kier molecular flexibility index (Phi) is 7.48. The number of carboxylic acid groups (broad SMARTS) is 1. The second-order valence-corrected chi connectivity index (χ2v) is 9.07. The van der Waals surface area contributed by atoms with Crippen molar-refractivity contribution in [3.8, 4) is 11.5 Å². The maximum Gasteiger partial charge on any atom is 0.335 e. The van der Waals surface area contributed by atoms with Gasteiger partial charge in [0.05, 0.1) is 22.8 Å². The minimum Gasteiger partial charge on any atom is -0.490 e. The average molecular weight is 510 g/mol. The molecule has 0 unspecified atom stereocenters. The first-order chi connectivity index (χ1) is 16.9. The molecule has 1 N–H and O–H groups in total. The van der Waals surface area contributed by atoms with Crippen molar-refractivity contribution in [2.24, 2.45) is 0 Å². The highest BCUT2D eigenvalue weighted by Gasteiger charge is 2.33. The number of anilines is 1. The van der Waals surface area contributed by atoms with E-state index in [1.807, 2.05) is 6.92 Å². The Bertz CT molecular complexity index is 1340. The molecule has 0 aromatic heterocycles. The molecule has 3 aromatic carbocycles. The Morgan fingerprint density at radius 2 is 1.89 bits per heavy atom. The largest absolute Gasteiger partial charge is 0.490 e. The lowest BCUT2D eigenvalue weighted by Crippen LogP contribution is -2.27. The van der Waals surface area contributed by atoms with Crippen molar-refractivity contribution in [2.75, 3.05) is 11.5 Å². The Balaban J connectivity index is 1.57. The first-order valence-corrected chi connectivity index (χ1v) is 11.8. The number of halogens is 1. The molecule has 1 heterocycles. The minimum atomic E-state index is -1.09. The number of thiocarbonyl (C=S) groups is 1. The molecule has 178 valence electrons. The van der Waals surface area contributed by atoms with Gasteiger partial charge in [-0.05, 0) is 55.0 Å². The van der Waals surface area contributed by atoms with Gasteiger partial charge >= 0.3 is 5.97 Å². The van der Waals surface area contributed by atoms with Crippen LogP contribution >= 0.6 is 24.0 Å². The van der Waals surface area contributed by atoms with Crippen molar-refractivity contribution >= 4 is 51.9 Å². The normalized spacial score (nSPS) is 14.5. The molecule has 1 aliphatic rings. The summed E-state index contributed by atoms with van der Waals surface area (Å²) >= 11 is 6.51. The van der Waals surface area contributed by atoms with Crippen LogP contribution < -0.4 is 14.4 Å². The zero-order valence-corrected chi connectivity index (χ0v) is 20.2. The van der Waals surface area contributed by atoms with Crippen LogP contribution in [0, 0.1) is 5.82 Å². The number of hydrogen-bond donors (Lipinski definition) is 1. The summed E-state index contributed by atoms with van der Waals surface area (Å²) in [6.45, 7) is 2.27. The Labute approximate surface area is 211 Å². The number of carboxylic acids is 1. The number of carbonyl (C=O) groups is 2. The SMILES string of the molecule is CCOc1cc(/C=C2\SC(=S)N(c3cccc(C(=O)O)c3)C2=O)ccc1OCc1ccccc1F. The second kappa shape index (κ2) is 10.7. The van der Waals surface area contributed by atoms with E-state index in [4.69, 9.17) is 21.7 Å². The van der Waals surface area contributed by atoms with E-state index in [2.05, 4.69) is 0 Å². The maximum absolute atomic E-state index is 13.9. The van der Waals surface area contributed by atoms with E-state index >= 15 is 0 Å². The van der Waals surface area contributed by atoms with Gasteiger partial charge in [-0.2, -0.15) is 0 Å². The molecule has 0 aliphatic carbocycles. The van der Waals surface area contributed by atoms with E-state index in [9.17, 15) is 19.1 Å². The summed E-state index contributed by atoms with van der Waals surface area (Å²) < 4.78 is 25.7. The van der Waals surface area contributed by atoms with Crippen LogP contribution in [0.2, 0.25) is 0 Å².